The molecule has 0 bridgehead atoms. The predicted octanol–water partition coefficient (Wildman–Crippen LogP) is 0.532. The average Bonchev–Trinajstić information content (AvgIpc) is 2.48. The molecule has 1 rings (SSSR count). The zero-order valence-electron chi connectivity index (χ0n) is 8.48. The molecule has 0 aliphatic carbocycles. The summed E-state index contributed by atoms with van der Waals surface area (Å²) >= 11 is 0. The van der Waals surface area contributed by atoms with Crippen LogP contribution in [0.25, 0.3) is 0 Å². The van der Waals surface area contributed by atoms with Crippen molar-refractivity contribution in [2.24, 2.45) is 5.73 Å². The van der Waals surface area contributed by atoms with Crippen LogP contribution in [0, 0.1) is 12.3 Å². The van der Waals surface area contributed by atoms with Crippen LogP contribution in [0.4, 0.5) is 0 Å². The van der Waals surface area contributed by atoms with Crippen molar-refractivity contribution >= 4 is 24.3 Å². The Balaban J connectivity index is 0.00000196. The van der Waals surface area contributed by atoms with Crippen molar-refractivity contribution in [2.75, 3.05) is 6.61 Å². The van der Waals surface area contributed by atoms with Crippen LogP contribution in [-0.4, -0.2) is 28.3 Å². The summed E-state index contributed by atoms with van der Waals surface area (Å²) in [6.07, 6.45) is 0. The number of nitrogen functional groups attached to an aromatic ring is 1. The van der Waals surface area contributed by atoms with Crippen molar-refractivity contribution in [3.63, 3.8) is 0 Å². The Kier molecular flexibility index (Phi) is 4.80. The van der Waals surface area contributed by atoms with Crippen molar-refractivity contribution in [2.45, 2.75) is 13.8 Å². The van der Waals surface area contributed by atoms with Gasteiger partial charge in [0, 0.05) is 0 Å². The van der Waals surface area contributed by atoms with Gasteiger partial charge in [-0.25, -0.2) is 4.79 Å². The van der Waals surface area contributed by atoms with E-state index in [1.165, 1.54) is 6.07 Å². The van der Waals surface area contributed by atoms with Crippen molar-refractivity contribution in [1.29, 1.82) is 5.41 Å². The zero-order valence-corrected chi connectivity index (χ0v) is 9.30. The molecule has 0 amide bonds. The normalized spacial score (nSPS) is 9.20. The Morgan fingerprint density at radius 3 is 2.80 bits per heavy atom. The number of halogens is 1. The summed E-state index contributed by atoms with van der Waals surface area (Å²) in [6.45, 7) is 3.70. The first kappa shape index (κ1) is 13.4. The Labute approximate surface area is 93.3 Å². The fraction of sp³-hybridized carbons (Fsp3) is 0.375. The third-order valence-electron chi connectivity index (χ3n) is 1.54. The van der Waals surface area contributed by atoms with Crippen LogP contribution in [0.3, 0.4) is 0 Å². The number of nitrogens with two attached hydrogens (primary N) is 1. The summed E-state index contributed by atoms with van der Waals surface area (Å²) in [6, 6.07) is 1.53. The maximum atomic E-state index is 11.3. The van der Waals surface area contributed by atoms with Crippen molar-refractivity contribution in [1.82, 2.24) is 9.78 Å². The van der Waals surface area contributed by atoms with Gasteiger partial charge < -0.3 is 10.5 Å². The molecule has 0 spiro atoms. The fourth-order valence-corrected chi connectivity index (χ4v) is 1.03. The van der Waals surface area contributed by atoms with Gasteiger partial charge in [0.15, 0.2) is 5.69 Å². The maximum Gasteiger partial charge on any atom is 0.357 e. The number of ether oxygens (including phenoxy) is 1. The number of nitrogens with one attached hydrogen (secondary N) is 1. The number of carbonyl (C=O) groups excluding carboxylic acids is 1. The largest absolute Gasteiger partial charge is 0.461 e. The Morgan fingerprint density at radius 1 is 1.73 bits per heavy atom. The lowest BCUT2D eigenvalue weighted by Crippen LogP contribution is -2.26. The number of aryl methyl sites for hydroxylation is 1. The summed E-state index contributed by atoms with van der Waals surface area (Å²) in [5.74, 6) is -0.829. The molecule has 0 unspecified atom stereocenters. The molecule has 1 heterocycles. The van der Waals surface area contributed by atoms with Gasteiger partial charge >= 0.3 is 5.97 Å². The quantitative estimate of drug-likeness (QED) is 0.442. The molecular formula is C8H13ClN4O2. The first-order valence-electron chi connectivity index (χ1n) is 4.14. The smallest absolute Gasteiger partial charge is 0.357 e. The number of esters is 1. The molecule has 0 radical (unpaired) electrons. The molecule has 0 atom stereocenters. The molecule has 0 aliphatic rings. The molecule has 84 valence electrons. The van der Waals surface area contributed by atoms with Gasteiger partial charge in [0.05, 0.1) is 12.3 Å². The van der Waals surface area contributed by atoms with E-state index < -0.39 is 5.97 Å². The van der Waals surface area contributed by atoms with Crippen LogP contribution in [0.15, 0.2) is 6.07 Å². The van der Waals surface area contributed by atoms with Gasteiger partial charge in [0.2, 0.25) is 5.96 Å². The molecule has 0 saturated carbocycles. The average molecular weight is 233 g/mol. The summed E-state index contributed by atoms with van der Waals surface area (Å²) < 4.78 is 5.83. The second-order valence-corrected chi connectivity index (χ2v) is 2.69. The second-order valence-electron chi connectivity index (χ2n) is 2.69. The molecule has 0 fully saturated rings. The molecule has 3 N–H and O–H groups in total. The molecule has 15 heavy (non-hydrogen) atoms. The number of hydrogen-bond acceptors (Lipinski definition) is 4. The topological polar surface area (TPSA) is 94.0 Å². The molecule has 1 aromatic rings. The number of rotatable bonds is 2. The minimum atomic E-state index is -0.525. The third kappa shape index (κ3) is 2.95. The number of nitrogens with zero attached hydrogens (tertiary/aromatic N) is 2. The van der Waals surface area contributed by atoms with E-state index in [9.17, 15) is 4.79 Å². The minimum absolute atomic E-state index is 0. The van der Waals surface area contributed by atoms with Gasteiger partial charge in [-0.15, -0.1) is 12.4 Å². The number of carbonyl (C=O) groups is 1. The predicted molar refractivity (Wildman–Crippen MR) is 57.5 cm³/mol. The monoisotopic (exact) mass is 232 g/mol. The van der Waals surface area contributed by atoms with Crippen LogP contribution >= 0.6 is 12.4 Å². The fourth-order valence-electron chi connectivity index (χ4n) is 1.03. The first-order chi connectivity index (χ1) is 6.56. The Bertz CT molecular complexity index is 375. The summed E-state index contributed by atoms with van der Waals surface area (Å²) in [5, 5.41) is 11.1. The van der Waals surface area contributed by atoms with Gasteiger partial charge in [-0.1, -0.05) is 0 Å². The van der Waals surface area contributed by atoms with Crippen molar-refractivity contribution < 1.29 is 9.53 Å². The molecule has 0 aromatic carbocycles. The highest BCUT2D eigenvalue weighted by Gasteiger charge is 2.16. The highest BCUT2D eigenvalue weighted by atomic mass is 35.5. The summed E-state index contributed by atoms with van der Waals surface area (Å²) in [5.41, 5.74) is 6.03. The van der Waals surface area contributed by atoms with E-state index in [1.807, 2.05) is 0 Å². The van der Waals surface area contributed by atoms with Crippen LogP contribution in [-0.2, 0) is 4.74 Å². The SMILES string of the molecule is CCOC(=O)c1cc(C)nn1C(=N)N.Cl. The third-order valence-corrected chi connectivity index (χ3v) is 1.54. The van der Waals surface area contributed by atoms with Gasteiger partial charge in [-0.2, -0.15) is 9.78 Å². The van der Waals surface area contributed by atoms with Gasteiger partial charge in [0.1, 0.15) is 0 Å². The van der Waals surface area contributed by atoms with E-state index in [4.69, 9.17) is 15.9 Å². The van der Waals surface area contributed by atoms with E-state index in [-0.39, 0.29) is 30.7 Å². The molecule has 6 nitrogen and oxygen atoms in total. The number of aromatic nitrogens is 2. The maximum absolute atomic E-state index is 11.3. The molecule has 0 saturated heterocycles. The summed E-state index contributed by atoms with van der Waals surface area (Å²) in [4.78, 5) is 11.3. The highest BCUT2D eigenvalue weighted by Crippen LogP contribution is 2.04. The lowest BCUT2D eigenvalue weighted by Gasteiger charge is -2.03. The standard InChI is InChI=1S/C8H12N4O2.ClH/c1-3-14-7(13)6-4-5(2)11-12(6)8(9)10;/h4H,3H2,1-2H3,(H3,9,10);1H. The Morgan fingerprint density at radius 2 is 2.33 bits per heavy atom. The van der Waals surface area contributed by atoms with Crippen LogP contribution in [0.5, 0.6) is 0 Å². The van der Waals surface area contributed by atoms with Crippen LogP contribution in [0.2, 0.25) is 0 Å². The highest BCUT2D eigenvalue weighted by molar-refractivity contribution is 5.92. The molecule has 0 aliphatic heterocycles. The van der Waals surface area contributed by atoms with Crippen molar-refractivity contribution in [3.8, 4) is 0 Å². The van der Waals surface area contributed by atoms with Crippen LogP contribution < -0.4 is 5.73 Å². The summed E-state index contributed by atoms with van der Waals surface area (Å²) in [7, 11) is 0. The lowest BCUT2D eigenvalue weighted by molar-refractivity contribution is 0.0516. The van der Waals surface area contributed by atoms with Crippen molar-refractivity contribution in [3.05, 3.63) is 17.5 Å². The lowest BCUT2D eigenvalue weighted by atomic mass is 10.4. The van der Waals surface area contributed by atoms with E-state index in [0.717, 1.165) is 4.68 Å². The van der Waals surface area contributed by atoms with Gasteiger partial charge in [-0.05, 0) is 19.9 Å². The molecule has 1 aromatic heterocycles. The van der Waals surface area contributed by atoms with Crippen LogP contribution in [0.1, 0.15) is 23.1 Å². The van der Waals surface area contributed by atoms with E-state index in [0.29, 0.717) is 5.69 Å². The van der Waals surface area contributed by atoms with E-state index in [1.54, 1.807) is 13.8 Å². The second kappa shape index (κ2) is 5.35. The zero-order chi connectivity index (χ0) is 10.7. The number of hydrogen-bond donors (Lipinski definition) is 2. The first-order valence-corrected chi connectivity index (χ1v) is 4.14. The molecular weight excluding hydrogens is 220 g/mol. The molecule has 7 heteroatoms. The van der Waals surface area contributed by atoms with E-state index in [2.05, 4.69) is 5.10 Å². The van der Waals surface area contributed by atoms with Gasteiger partial charge in [0.25, 0.3) is 0 Å². The van der Waals surface area contributed by atoms with E-state index >= 15 is 0 Å². The Hall–Kier alpha value is -1.56. The minimum Gasteiger partial charge on any atom is -0.461 e. The van der Waals surface area contributed by atoms with Gasteiger partial charge in [-0.3, -0.25) is 5.41 Å².